The Kier molecular flexibility index (Phi) is 8.47. The minimum absolute atomic E-state index is 0. The van der Waals surface area contributed by atoms with Crippen molar-refractivity contribution in [2.75, 3.05) is 14.2 Å². The molecule has 2 aromatic rings. The van der Waals surface area contributed by atoms with E-state index in [0.29, 0.717) is 6.54 Å². The minimum Gasteiger partial charge on any atom is -0.497 e. The lowest BCUT2D eigenvalue weighted by Gasteiger charge is -2.13. The summed E-state index contributed by atoms with van der Waals surface area (Å²) in [5, 5.41) is 6.62. The standard InChI is InChI=1S/C18H23N3O.HI/c1-14-9-16(11-17(10-14)22-3)13-21-18(19-2)20-12-15-7-5-4-6-8-15;/h4-11H,12-13H2,1-3H3,(H2,19,20,21);1H. The highest BCUT2D eigenvalue weighted by Gasteiger charge is 2.01. The number of nitrogens with zero attached hydrogens (tertiary/aromatic N) is 1. The second-order valence-corrected chi connectivity index (χ2v) is 5.12. The Morgan fingerprint density at radius 1 is 1.00 bits per heavy atom. The molecule has 0 saturated heterocycles. The second kappa shape index (κ2) is 10.1. The number of hydrogen-bond donors (Lipinski definition) is 2. The van der Waals surface area contributed by atoms with Gasteiger partial charge in [-0.15, -0.1) is 24.0 Å². The Labute approximate surface area is 155 Å². The summed E-state index contributed by atoms with van der Waals surface area (Å²) in [6.07, 6.45) is 0. The first-order valence-electron chi connectivity index (χ1n) is 7.34. The first-order chi connectivity index (χ1) is 10.7. The highest BCUT2D eigenvalue weighted by Crippen LogP contribution is 2.16. The molecule has 23 heavy (non-hydrogen) atoms. The van der Waals surface area contributed by atoms with Crippen LogP contribution in [-0.2, 0) is 13.1 Å². The van der Waals surface area contributed by atoms with Crippen LogP contribution in [0.25, 0.3) is 0 Å². The third-order valence-corrected chi connectivity index (χ3v) is 3.33. The molecule has 0 aliphatic carbocycles. The van der Waals surface area contributed by atoms with Crippen LogP contribution in [0, 0.1) is 6.92 Å². The first kappa shape index (κ1) is 19.3. The number of benzene rings is 2. The zero-order valence-electron chi connectivity index (χ0n) is 13.8. The average molecular weight is 425 g/mol. The van der Waals surface area contributed by atoms with Gasteiger partial charge in [0.15, 0.2) is 5.96 Å². The molecule has 0 aromatic heterocycles. The van der Waals surface area contributed by atoms with E-state index in [1.165, 1.54) is 16.7 Å². The Hall–Kier alpha value is -1.76. The van der Waals surface area contributed by atoms with Crippen LogP contribution in [0.1, 0.15) is 16.7 Å². The lowest BCUT2D eigenvalue weighted by molar-refractivity contribution is 0.414. The van der Waals surface area contributed by atoms with Crippen molar-refractivity contribution in [2.24, 2.45) is 4.99 Å². The van der Waals surface area contributed by atoms with Gasteiger partial charge in [-0.1, -0.05) is 36.4 Å². The summed E-state index contributed by atoms with van der Waals surface area (Å²) in [6, 6.07) is 16.5. The molecular weight excluding hydrogens is 401 g/mol. The van der Waals surface area contributed by atoms with Crippen molar-refractivity contribution >= 4 is 29.9 Å². The molecule has 0 unspecified atom stereocenters. The predicted octanol–water partition coefficient (Wildman–Crippen LogP) is 3.49. The van der Waals surface area contributed by atoms with Gasteiger partial charge in [0.25, 0.3) is 0 Å². The molecule has 2 rings (SSSR count). The molecule has 0 aliphatic rings. The number of methoxy groups -OCH3 is 1. The molecule has 0 aliphatic heterocycles. The molecule has 0 radical (unpaired) electrons. The van der Waals surface area contributed by atoms with Gasteiger partial charge >= 0.3 is 0 Å². The zero-order chi connectivity index (χ0) is 15.8. The predicted molar refractivity (Wildman–Crippen MR) is 107 cm³/mol. The number of aryl methyl sites for hydroxylation is 1. The summed E-state index contributed by atoms with van der Waals surface area (Å²) in [4.78, 5) is 4.25. The van der Waals surface area contributed by atoms with Crippen molar-refractivity contribution in [1.82, 2.24) is 10.6 Å². The van der Waals surface area contributed by atoms with Crippen LogP contribution in [0.5, 0.6) is 5.75 Å². The molecule has 0 atom stereocenters. The Balaban J connectivity index is 0.00000264. The minimum atomic E-state index is 0. The molecule has 0 saturated carbocycles. The van der Waals surface area contributed by atoms with Crippen molar-refractivity contribution < 1.29 is 4.74 Å². The lowest BCUT2D eigenvalue weighted by atomic mass is 10.1. The van der Waals surface area contributed by atoms with Gasteiger partial charge in [0.05, 0.1) is 7.11 Å². The van der Waals surface area contributed by atoms with Gasteiger partial charge in [-0.25, -0.2) is 0 Å². The first-order valence-corrected chi connectivity index (χ1v) is 7.34. The van der Waals surface area contributed by atoms with Crippen molar-refractivity contribution in [3.63, 3.8) is 0 Å². The maximum Gasteiger partial charge on any atom is 0.191 e. The summed E-state index contributed by atoms with van der Waals surface area (Å²) in [5.41, 5.74) is 3.57. The van der Waals surface area contributed by atoms with Gasteiger partial charge in [-0.3, -0.25) is 4.99 Å². The fraction of sp³-hybridized carbons (Fsp3) is 0.278. The van der Waals surface area contributed by atoms with Crippen LogP contribution in [0.15, 0.2) is 53.5 Å². The van der Waals surface area contributed by atoms with Crippen LogP contribution < -0.4 is 15.4 Å². The number of hydrogen-bond acceptors (Lipinski definition) is 2. The SMILES string of the molecule is CN=C(NCc1ccccc1)NCc1cc(C)cc(OC)c1.I. The van der Waals surface area contributed by atoms with Gasteiger partial charge in [0, 0.05) is 20.1 Å². The van der Waals surface area contributed by atoms with Gasteiger partial charge in [0.2, 0.25) is 0 Å². The Bertz CT molecular complexity index is 629. The normalized spacial score (nSPS) is 10.7. The Morgan fingerprint density at radius 2 is 1.65 bits per heavy atom. The van der Waals surface area contributed by atoms with E-state index < -0.39 is 0 Å². The maximum atomic E-state index is 5.30. The highest BCUT2D eigenvalue weighted by molar-refractivity contribution is 14.0. The van der Waals surface area contributed by atoms with Gasteiger partial charge in [-0.2, -0.15) is 0 Å². The van der Waals surface area contributed by atoms with E-state index >= 15 is 0 Å². The summed E-state index contributed by atoms with van der Waals surface area (Å²) >= 11 is 0. The third-order valence-electron chi connectivity index (χ3n) is 3.33. The van der Waals surface area contributed by atoms with E-state index in [2.05, 4.69) is 40.7 Å². The lowest BCUT2D eigenvalue weighted by Crippen LogP contribution is -2.36. The van der Waals surface area contributed by atoms with Crippen LogP contribution >= 0.6 is 24.0 Å². The fourth-order valence-corrected chi connectivity index (χ4v) is 2.23. The van der Waals surface area contributed by atoms with E-state index in [-0.39, 0.29) is 24.0 Å². The molecule has 124 valence electrons. The van der Waals surface area contributed by atoms with Crippen LogP contribution in [0.4, 0.5) is 0 Å². The summed E-state index contributed by atoms with van der Waals surface area (Å²) < 4.78 is 5.30. The number of aliphatic imine (C=N–C) groups is 1. The van der Waals surface area contributed by atoms with Crippen molar-refractivity contribution in [1.29, 1.82) is 0 Å². The van der Waals surface area contributed by atoms with Crippen LogP contribution in [0.3, 0.4) is 0 Å². The van der Waals surface area contributed by atoms with Crippen LogP contribution in [0.2, 0.25) is 0 Å². The number of ether oxygens (including phenoxy) is 1. The molecule has 0 spiro atoms. The second-order valence-electron chi connectivity index (χ2n) is 5.12. The fourth-order valence-electron chi connectivity index (χ4n) is 2.23. The van der Waals surface area contributed by atoms with Gasteiger partial charge in [-0.05, 0) is 35.7 Å². The van der Waals surface area contributed by atoms with Crippen molar-refractivity contribution in [2.45, 2.75) is 20.0 Å². The van der Waals surface area contributed by atoms with Crippen molar-refractivity contribution in [3.05, 3.63) is 65.2 Å². The van der Waals surface area contributed by atoms with Crippen molar-refractivity contribution in [3.8, 4) is 5.75 Å². The quantitative estimate of drug-likeness (QED) is 0.438. The summed E-state index contributed by atoms with van der Waals surface area (Å²) in [5.74, 6) is 1.66. The summed E-state index contributed by atoms with van der Waals surface area (Å²) in [7, 11) is 3.46. The molecule has 0 heterocycles. The van der Waals surface area contributed by atoms with E-state index in [1.54, 1.807) is 14.2 Å². The molecular formula is C18H24IN3O. The van der Waals surface area contributed by atoms with E-state index in [4.69, 9.17) is 4.74 Å². The Morgan fingerprint density at radius 3 is 2.26 bits per heavy atom. The van der Waals surface area contributed by atoms with Crippen LogP contribution in [-0.4, -0.2) is 20.1 Å². The highest BCUT2D eigenvalue weighted by atomic mass is 127. The molecule has 0 fully saturated rings. The molecule has 2 N–H and O–H groups in total. The number of rotatable bonds is 5. The molecule has 0 bridgehead atoms. The monoisotopic (exact) mass is 425 g/mol. The number of nitrogens with one attached hydrogen (secondary N) is 2. The third kappa shape index (κ3) is 6.48. The molecule has 0 amide bonds. The largest absolute Gasteiger partial charge is 0.497 e. The molecule has 4 nitrogen and oxygen atoms in total. The topological polar surface area (TPSA) is 45.7 Å². The summed E-state index contributed by atoms with van der Waals surface area (Å²) in [6.45, 7) is 3.51. The number of guanidine groups is 1. The average Bonchev–Trinajstić information content (AvgIpc) is 2.55. The molecule has 5 heteroatoms. The zero-order valence-corrected chi connectivity index (χ0v) is 16.1. The smallest absolute Gasteiger partial charge is 0.191 e. The number of halogens is 1. The maximum absolute atomic E-state index is 5.30. The van der Waals surface area contributed by atoms with E-state index in [9.17, 15) is 0 Å². The van der Waals surface area contributed by atoms with Gasteiger partial charge < -0.3 is 15.4 Å². The molecule has 2 aromatic carbocycles. The van der Waals surface area contributed by atoms with E-state index in [1.807, 2.05) is 30.3 Å². The van der Waals surface area contributed by atoms with E-state index in [0.717, 1.165) is 18.3 Å². The van der Waals surface area contributed by atoms with Gasteiger partial charge in [0.1, 0.15) is 5.75 Å².